The number of nitrogens with zero attached hydrogens (tertiary/aromatic N) is 4. The minimum Gasteiger partial charge on any atom is -0.307 e. The largest absolute Gasteiger partial charge is 0.307 e. The van der Waals surface area contributed by atoms with Gasteiger partial charge in [-0.1, -0.05) is 18.2 Å². The molecule has 1 amide bonds. The number of rotatable bonds is 3. The molecule has 4 rings (SSSR count). The second-order valence-corrected chi connectivity index (χ2v) is 7.11. The number of pyridine rings is 2. The molecule has 0 fully saturated rings. The van der Waals surface area contributed by atoms with Crippen LogP contribution in [0.2, 0.25) is 0 Å². The van der Waals surface area contributed by atoms with Crippen molar-refractivity contribution in [2.24, 2.45) is 7.05 Å². The number of aryl methyl sites for hydroxylation is 2. The Labute approximate surface area is 164 Å². The maximum Gasteiger partial charge on any atom is 0.257 e. The topological polar surface area (TPSA) is 72.7 Å². The molecule has 0 unspecified atom stereocenters. The number of halogens is 1. The van der Waals surface area contributed by atoms with E-state index < -0.39 is 0 Å². The third-order valence-electron chi connectivity index (χ3n) is 4.22. The maximum atomic E-state index is 13.0. The number of anilines is 1. The first kappa shape index (κ1) is 17.4. The van der Waals surface area contributed by atoms with E-state index in [9.17, 15) is 4.79 Å². The van der Waals surface area contributed by atoms with Crippen molar-refractivity contribution in [2.45, 2.75) is 6.92 Å². The number of benzene rings is 1. The average molecular weight is 422 g/mol. The van der Waals surface area contributed by atoms with E-state index in [1.165, 1.54) is 0 Å². The Hall–Kier alpha value is -3.06. The summed E-state index contributed by atoms with van der Waals surface area (Å²) in [5, 5.41) is 8.03. The number of nitrogens with one attached hydrogen (secondary N) is 1. The zero-order valence-corrected chi connectivity index (χ0v) is 16.4. The number of carbonyl (C=O) groups excluding carboxylic acids is 1. The Morgan fingerprint density at radius 3 is 2.70 bits per heavy atom. The summed E-state index contributed by atoms with van der Waals surface area (Å²) in [6.45, 7) is 1.93. The van der Waals surface area contributed by atoms with Gasteiger partial charge in [-0.05, 0) is 47.1 Å². The molecule has 0 bridgehead atoms. The molecule has 0 radical (unpaired) electrons. The fourth-order valence-corrected chi connectivity index (χ4v) is 3.22. The highest BCUT2D eigenvalue weighted by Crippen LogP contribution is 2.27. The first-order valence-electron chi connectivity index (χ1n) is 8.34. The number of aromatic nitrogens is 4. The van der Waals surface area contributed by atoms with E-state index in [4.69, 9.17) is 4.98 Å². The van der Waals surface area contributed by atoms with Crippen LogP contribution in [0.4, 0.5) is 5.82 Å². The highest BCUT2D eigenvalue weighted by atomic mass is 79.9. The summed E-state index contributed by atoms with van der Waals surface area (Å²) in [5.41, 5.74) is 3.78. The molecule has 3 heterocycles. The molecule has 0 spiro atoms. The minimum atomic E-state index is -0.230. The molecule has 4 aromatic rings. The first-order chi connectivity index (χ1) is 13.0. The van der Waals surface area contributed by atoms with Crippen molar-refractivity contribution in [3.63, 3.8) is 0 Å². The van der Waals surface area contributed by atoms with Gasteiger partial charge in [-0.3, -0.25) is 9.48 Å². The molecule has 134 valence electrons. The van der Waals surface area contributed by atoms with Gasteiger partial charge in [0.15, 0.2) is 0 Å². The van der Waals surface area contributed by atoms with Crippen molar-refractivity contribution < 1.29 is 4.79 Å². The Balaban J connectivity index is 1.82. The molecule has 1 N–H and O–H groups in total. The van der Waals surface area contributed by atoms with Crippen molar-refractivity contribution in [1.29, 1.82) is 0 Å². The van der Waals surface area contributed by atoms with Gasteiger partial charge < -0.3 is 5.32 Å². The highest BCUT2D eigenvalue weighted by Gasteiger charge is 2.16. The Bertz CT molecular complexity index is 1150. The van der Waals surface area contributed by atoms with E-state index in [1.54, 1.807) is 23.0 Å². The Morgan fingerprint density at radius 1 is 1.19 bits per heavy atom. The number of para-hydroxylation sites is 1. The zero-order chi connectivity index (χ0) is 19.0. The predicted octanol–water partition coefficient (Wildman–Crippen LogP) is 4.35. The van der Waals surface area contributed by atoms with Gasteiger partial charge >= 0.3 is 0 Å². The molecule has 6 nitrogen and oxygen atoms in total. The standard InChI is InChI=1S/C20H16BrN5O/c1-12-16(11-26(2)25-12)18-9-15(14-5-3-4-6-17(14)23-18)20(27)24-19-8-7-13(21)10-22-19/h3-11H,1-2H3,(H,22,24,27). The predicted molar refractivity (Wildman–Crippen MR) is 109 cm³/mol. The summed E-state index contributed by atoms with van der Waals surface area (Å²) in [6.07, 6.45) is 3.55. The summed E-state index contributed by atoms with van der Waals surface area (Å²) < 4.78 is 2.59. The normalized spacial score (nSPS) is 10.9. The van der Waals surface area contributed by atoms with E-state index in [-0.39, 0.29) is 5.91 Å². The number of carbonyl (C=O) groups is 1. The maximum absolute atomic E-state index is 13.0. The van der Waals surface area contributed by atoms with Crippen LogP contribution in [-0.4, -0.2) is 25.7 Å². The summed E-state index contributed by atoms with van der Waals surface area (Å²) >= 11 is 3.34. The highest BCUT2D eigenvalue weighted by molar-refractivity contribution is 9.10. The molecule has 0 atom stereocenters. The van der Waals surface area contributed by atoms with E-state index in [0.29, 0.717) is 17.1 Å². The Morgan fingerprint density at radius 2 is 2.00 bits per heavy atom. The van der Waals surface area contributed by atoms with Crippen LogP contribution in [0.3, 0.4) is 0 Å². The van der Waals surface area contributed by atoms with E-state index in [0.717, 1.165) is 26.6 Å². The molecule has 27 heavy (non-hydrogen) atoms. The SMILES string of the molecule is Cc1nn(C)cc1-c1cc(C(=O)Nc2ccc(Br)cn2)c2ccccc2n1. The molecule has 0 aliphatic carbocycles. The smallest absolute Gasteiger partial charge is 0.257 e. The summed E-state index contributed by atoms with van der Waals surface area (Å²) in [5.74, 6) is 0.259. The molecule has 1 aromatic carbocycles. The van der Waals surface area contributed by atoms with Gasteiger partial charge in [-0.15, -0.1) is 0 Å². The summed E-state index contributed by atoms with van der Waals surface area (Å²) in [7, 11) is 1.87. The van der Waals surface area contributed by atoms with Crippen LogP contribution in [0.25, 0.3) is 22.2 Å². The molecule has 0 aliphatic rings. The quantitative estimate of drug-likeness (QED) is 0.533. The number of hydrogen-bond donors (Lipinski definition) is 1. The molecule has 0 saturated heterocycles. The van der Waals surface area contributed by atoms with Gasteiger partial charge in [-0.25, -0.2) is 9.97 Å². The second kappa shape index (κ2) is 6.92. The van der Waals surface area contributed by atoms with Crippen LogP contribution >= 0.6 is 15.9 Å². The monoisotopic (exact) mass is 421 g/mol. The van der Waals surface area contributed by atoms with E-state index in [1.807, 2.05) is 50.5 Å². The lowest BCUT2D eigenvalue weighted by Crippen LogP contribution is -2.14. The van der Waals surface area contributed by atoms with Gasteiger partial charge in [0.2, 0.25) is 0 Å². The van der Waals surface area contributed by atoms with Crippen molar-refractivity contribution in [3.8, 4) is 11.3 Å². The lowest BCUT2D eigenvalue weighted by atomic mass is 10.0. The number of amides is 1. The van der Waals surface area contributed by atoms with Gasteiger partial charge in [0.1, 0.15) is 5.82 Å². The van der Waals surface area contributed by atoms with Crippen LogP contribution in [0.15, 0.2) is 59.3 Å². The first-order valence-corrected chi connectivity index (χ1v) is 9.14. The molecule has 0 aliphatic heterocycles. The van der Waals surface area contributed by atoms with Crippen molar-refractivity contribution in [2.75, 3.05) is 5.32 Å². The number of hydrogen-bond acceptors (Lipinski definition) is 4. The van der Waals surface area contributed by atoms with Crippen molar-refractivity contribution in [3.05, 3.63) is 70.6 Å². The molecular weight excluding hydrogens is 406 g/mol. The fraction of sp³-hybridized carbons (Fsp3) is 0.100. The van der Waals surface area contributed by atoms with Crippen LogP contribution in [0.5, 0.6) is 0 Å². The lowest BCUT2D eigenvalue weighted by Gasteiger charge is -2.10. The number of fused-ring (bicyclic) bond motifs is 1. The molecular formula is C20H16BrN5O. The van der Waals surface area contributed by atoms with Crippen LogP contribution < -0.4 is 5.32 Å². The van der Waals surface area contributed by atoms with Gasteiger partial charge in [0.25, 0.3) is 5.91 Å². The van der Waals surface area contributed by atoms with Gasteiger partial charge in [0, 0.05) is 34.9 Å². The van der Waals surface area contributed by atoms with Crippen LogP contribution in [-0.2, 0) is 7.05 Å². The zero-order valence-electron chi connectivity index (χ0n) is 14.8. The van der Waals surface area contributed by atoms with E-state index in [2.05, 4.69) is 31.3 Å². The summed E-state index contributed by atoms with van der Waals surface area (Å²) in [4.78, 5) is 21.9. The minimum absolute atomic E-state index is 0.230. The van der Waals surface area contributed by atoms with Crippen LogP contribution in [0, 0.1) is 6.92 Å². The van der Waals surface area contributed by atoms with Crippen molar-refractivity contribution >= 4 is 38.6 Å². The third-order valence-corrected chi connectivity index (χ3v) is 4.69. The molecule has 3 aromatic heterocycles. The second-order valence-electron chi connectivity index (χ2n) is 6.19. The average Bonchev–Trinajstić information content (AvgIpc) is 3.01. The third kappa shape index (κ3) is 3.46. The molecule has 0 saturated carbocycles. The van der Waals surface area contributed by atoms with Crippen LogP contribution in [0.1, 0.15) is 16.1 Å². The Kier molecular flexibility index (Phi) is 4.45. The lowest BCUT2D eigenvalue weighted by molar-refractivity contribution is 0.102. The molecule has 7 heteroatoms. The van der Waals surface area contributed by atoms with E-state index >= 15 is 0 Å². The van der Waals surface area contributed by atoms with Gasteiger partial charge in [-0.2, -0.15) is 5.10 Å². The fourth-order valence-electron chi connectivity index (χ4n) is 2.99. The van der Waals surface area contributed by atoms with Crippen molar-refractivity contribution in [1.82, 2.24) is 19.7 Å². The summed E-state index contributed by atoms with van der Waals surface area (Å²) in [6, 6.07) is 13.0. The van der Waals surface area contributed by atoms with Gasteiger partial charge in [0.05, 0.1) is 22.5 Å².